The summed E-state index contributed by atoms with van der Waals surface area (Å²) in [6.07, 6.45) is 5.38. The van der Waals surface area contributed by atoms with Crippen molar-refractivity contribution in [2.24, 2.45) is 0 Å². The number of fused-ring (bicyclic) bond motifs is 1. The molecule has 0 bridgehead atoms. The van der Waals surface area contributed by atoms with Gasteiger partial charge in [0.25, 0.3) is 0 Å². The first-order valence-corrected chi connectivity index (χ1v) is 6.08. The minimum atomic E-state index is 0. The van der Waals surface area contributed by atoms with Crippen molar-refractivity contribution >= 4 is 22.4 Å². The molecule has 0 amide bonds. The van der Waals surface area contributed by atoms with E-state index < -0.39 is 0 Å². The second kappa shape index (κ2) is 5.88. The number of hydrogen-bond acceptors (Lipinski definition) is 2. The fourth-order valence-electron chi connectivity index (χ4n) is 2.13. The number of hydrogen-bond donors (Lipinski definition) is 2. The molecule has 0 atom stereocenters. The first-order chi connectivity index (χ1) is 9.24. The monoisotopic (exact) mass is 331 g/mol. The number of nitrogens with one attached hydrogen (secondary N) is 1. The van der Waals surface area contributed by atoms with Gasteiger partial charge in [0, 0.05) is 40.5 Å². The Balaban J connectivity index is 0.00000147. The lowest BCUT2D eigenvalue weighted by Gasteiger charge is -1.97. The topological polar surface area (TPSA) is 62.8 Å². The van der Waals surface area contributed by atoms with Gasteiger partial charge in [0.2, 0.25) is 12.3 Å². The van der Waals surface area contributed by atoms with Crippen LogP contribution in [0.5, 0.6) is 0 Å². The minimum absolute atomic E-state index is 0. The molecule has 2 aromatic heterocycles. The summed E-state index contributed by atoms with van der Waals surface area (Å²) >= 11 is 0. The van der Waals surface area contributed by atoms with Crippen molar-refractivity contribution in [3.05, 3.63) is 60.6 Å². The van der Waals surface area contributed by atoms with Gasteiger partial charge < -0.3 is 27.7 Å². The maximum Gasteiger partial charge on any atom is 0.229 e. The van der Waals surface area contributed by atoms with E-state index in [-0.39, 0.29) is 22.8 Å². The number of nitrogen functional groups attached to an aromatic ring is 1. The predicted molar refractivity (Wildman–Crippen MR) is 73.7 cm³/mol. The average molecular weight is 332 g/mol. The van der Waals surface area contributed by atoms with E-state index in [2.05, 4.69) is 4.98 Å². The van der Waals surface area contributed by atoms with Crippen LogP contribution in [0.15, 0.2) is 55.0 Å². The van der Waals surface area contributed by atoms with E-state index in [1.54, 1.807) is 18.3 Å². The second-order valence-corrected chi connectivity index (χ2v) is 4.47. The number of para-hydroxylation sites is 1. The predicted octanol–water partition coefficient (Wildman–Crippen LogP) is -1.08. The largest absolute Gasteiger partial charge is 1.00 e. The fraction of sp³-hybridized carbons (Fsp3) is 0.0667. The standard InChI is InChI=1S/C15H13N3O.BrH/c16-11-5-7-18(8-6-11)10-15(19)13-9-17-14-4-2-1-3-12(13)14;/h1-9,16H,10H2,(H,17,19);1H. The molecule has 0 aliphatic rings. The highest BCUT2D eigenvalue weighted by molar-refractivity contribution is 6.07. The molecule has 3 rings (SSSR count). The lowest BCUT2D eigenvalue weighted by Crippen LogP contribution is -3.00. The Morgan fingerprint density at radius 2 is 1.85 bits per heavy atom. The zero-order valence-corrected chi connectivity index (χ0v) is 12.3. The number of carbonyl (C=O) groups is 1. The molecule has 0 aliphatic heterocycles. The number of halogens is 1. The number of carbonyl (C=O) groups excluding carboxylic acids is 1. The van der Waals surface area contributed by atoms with Gasteiger partial charge in [-0.2, -0.15) is 4.57 Å². The quantitative estimate of drug-likeness (QED) is 0.474. The number of benzene rings is 1. The number of anilines is 1. The summed E-state index contributed by atoms with van der Waals surface area (Å²) in [6.45, 7) is 0.308. The number of pyridine rings is 1. The van der Waals surface area contributed by atoms with E-state index in [0.29, 0.717) is 12.2 Å². The highest BCUT2D eigenvalue weighted by Gasteiger charge is 2.15. The second-order valence-electron chi connectivity index (χ2n) is 4.47. The third kappa shape index (κ3) is 2.72. The Labute approximate surface area is 127 Å². The Kier molecular flexibility index (Phi) is 4.20. The van der Waals surface area contributed by atoms with Crippen molar-refractivity contribution in [3.63, 3.8) is 0 Å². The zero-order chi connectivity index (χ0) is 13.2. The number of Topliss-reactive ketones (excluding diaryl/α,β-unsaturated/α-hetero) is 1. The molecule has 20 heavy (non-hydrogen) atoms. The van der Waals surface area contributed by atoms with Gasteiger partial charge in [-0.25, -0.2) is 0 Å². The number of ketones is 1. The van der Waals surface area contributed by atoms with Gasteiger partial charge >= 0.3 is 0 Å². The van der Waals surface area contributed by atoms with Gasteiger partial charge in [0.05, 0.1) is 0 Å². The normalized spacial score (nSPS) is 10.2. The van der Waals surface area contributed by atoms with Crippen LogP contribution >= 0.6 is 0 Å². The summed E-state index contributed by atoms with van der Waals surface area (Å²) in [7, 11) is 0. The molecule has 0 saturated carbocycles. The lowest BCUT2D eigenvalue weighted by atomic mass is 10.1. The van der Waals surface area contributed by atoms with Crippen LogP contribution in [-0.2, 0) is 6.54 Å². The van der Waals surface area contributed by atoms with Crippen LogP contribution in [0.4, 0.5) is 5.69 Å². The number of aromatic nitrogens is 2. The highest BCUT2D eigenvalue weighted by Crippen LogP contribution is 2.18. The molecule has 0 spiro atoms. The maximum absolute atomic E-state index is 12.3. The van der Waals surface area contributed by atoms with Gasteiger partial charge in [0.1, 0.15) is 0 Å². The van der Waals surface area contributed by atoms with Gasteiger partial charge in [-0.1, -0.05) is 18.2 Å². The molecule has 0 unspecified atom stereocenters. The van der Waals surface area contributed by atoms with E-state index in [9.17, 15) is 4.79 Å². The Bertz CT molecular complexity index is 734. The average Bonchev–Trinajstić information content (AvgIpc) is 2.85. The summed E-state index contributed by atoms with van der Waals surface area (Å²) < 4.78 is 1.82. The minimum Gasteiger partial charge on any atom is -1.00 e. The molecule has 3 aromatic rings. The third-order valence-electron chi connectivity index (χ3n) is 3.13. The first-order valence-electron chi connectivity index (χ1n) is 6.08. The molecule has 0 saturated heterocycles. The Morgan fingerprint density at radius 3 is 2.60 bits per heavy atom. The maximum atomic E-state index is 12.3. The van der Waals surface area contributed by atoms with Crippen molar-refractivity contribution in [2.45, 2.75) is 6.54 Å². The van der Waals surface area contributed by atoms with E-state index in [0.717, 1.165) is 16.5 Å². The Morgan fingerprint density at radius 1 is 1.15 bits per heavy atom. The first kappa shape index (κ1) is 14.3. The molecule has 102 valence electrons. The summed E-state index contributed by atoms with van der Waals surface area (Å²) in [5, 5.41) is 0.962. The smallest absolute Gasteiger partial charge is 0.229 e. The molecular weight excluding hydrogens is 318 g/mol. The van der Waals surface area contributed by atoms with Crippen molar-refractivity contribution in [3.8, 4) is 0 Å². The SMILES string of the molecule is Nc1cc[n+](CC(=O)c2c[nH]c3ccccc23)cc1.[Br-]. The zero-order valence-electron chi connectivity index (χ0n) is 10.7. The van der Waals surface area contributed by atoms with Gasteiger partial charge in [-0.15, -0.1) is 0 Å². The summed E-state index contributed by atoms with van der Waals surface area (Å²) in [5.41, 5.74) is 8.02. The summed E-state index contributed by atoms with van der Waals surface area (Å²) in [4.78, 5) is 15.4. The fourth-order valence-corrected chi connectivity index (χ4v) is 2.13. The molecular formula is C15H14BrN3O. The molecule has 2 heterocycles. The highest BCUT2D eigenvalue weighted by atomic mass is 79.9. The van der Waals surface area contributed by atoms with E-state index >= 15 is 0 Å². The van der Waals surface area contributed by atoms with Crippen molar-refractivity contribution in [1.82, 2.24) is 4.98 Å². The molecule has 1 aromatic carbocycles. The van der Waals surface area contributed by atoms with Crippen molar-refractivity contribution in [1.29, 1.82) is 0 Å². The number of aromatic amines is 1. The van der Waals surface area contributed by atoms with Crippen LogP contribution in [0.2, 0.25) is 0 Å². The van der Waals surface area contributed by atoms with Gasteiger partial charge in [-0.05, 0) is 6.07 Å². The van der Waals surface area contributed by atoms with Crippen LogP contribution in [0, 0.1) is 0 Å². The van der Waals surface area contributed by atoms with Crippen LogP contribution in [-0.4, -0.2) is 10.8 Å². The number of H-pyrrole nitrogens is 1. The summed E-state index contributed by atoms with van der Waals surface area (Å²) in [5.74, 6) is 0.0761. The van der Waals surface area contributed by atoms with Gasteiger partial charge in [0.15, 0.2) is 12.4 Å². The third-order valence-corrected chi connectivity index (χ3v) is 3.13. The molecule has 3 N–H and O–H groups in total. The number of rotatable bonds is 3. The molecule has 4 nitrogen and oxygen atoms in total. The van der Waals surface area contributed by atoms with Crippen LogP contribution in [0.1, 0.15) is 10.4 Å². The van der Waals surface area contributed by atoms with Gasteiger partial charge in [-0.3, -0.25) is 4.79 Å². The number of nitrogens with two attached hydrogens (primary N) is 1. The number of nitrogens with zero attached hydrogens (tertiary/aromatic N) is 1. The molecule has 5 heteroatoms. The lowest BCUT2D eigenvalue weighted by molar-refractivity contribution is -0.683. The molecule has 0 fully saturated rings. The van der Waals surface area contributed by atoms with Crippen molar-refractivity contribution < 1.29 is 26.3 Å². The van der Waals surface area contributed by atoms with E-state index in [1.807, 2.05) is 41.2 Å². The van der Waals surface area contributed by atoms with E-state index in [1.165, 1.54) is 0 Å². The van der Waals surface area contributed by atoms with Crippen LogP contribution in [0.25, 0.3) is 10.9 Å². The van der Waals surface area contributed by atoms with E-state index in [4.69, 9.17) is 5.73 Å². The van der Waals surface area contributed by atoms with Crippen LogP contribution < -0.4 is 27.3 Å². The summed E-state index contributed by atoms with van der Waals surface area (Å²) in [6, 6.07) is 11.4. The molecule has 0 radical (unpaired) electrons. The molecule has 0 aliphatic carbocycles. The van der Waals surface area contributed by atoms with Crippen molar-refractivity contribution in [2.75, 3.05) is 5.73 Å². The van der Waals surface area contributed by atoms with Crippen LogP contribution in [0.3, 0.4) is 0 Å². The Hall–Kier alpha value is -2.14.